The van der Waals surface area contributed by atoms with Crippen LogP contribution in [0.1, 0.15) is 18.4 Å². The standard InChI is InChI=1S/C17H20N2O2/c1-20-17-7-6-15(21-16-5-4-8-18-12-16)11-14(17)13-19-9-2-3-10-19/h4-8,11-12H,2-3,9-10,13H2,1H3. The van der Waals surface area contributed by atoms with Gasteiger partial charge in [-0.3, -0.25) is 9.88 Å². The van der Waals surface area contributed by atoms with Crippen LogP contribution in [0.15, 0.2) is 42.7 Å². The van der Waals surface area contributed by atoms with Gasteiger partial charge in [-0.25, -0.2) is 0 Å². The minimum Gasteiger partial charge on any atom is -0.496 e. The van der Waals surface area contributed by atoms with E-state index in [1.165, 1.54) is 18.4 Å². The zero-order valence-electron chi connectivity index (χ0n) is 12.3. The lowest BCUT2D eigenvalue weighted by molar-refractivity contribution is 0.320. The predicted molar refractivity (Wildman–Crippen MR) is 81.8 cm³/mol. The van der Waals surface area contributed by atoms with Crippen molar-refractivity contribution in [2.75, 3.05) is 20.2 Å². The summed E-state index contributed by atoms with van der Waals surface area (Å²) in [4.78, 5) is 6.51. The fraction of sp³-hybridized carbons (Fsp3) is 0.353. The van der Waals surface area contributed by atoms with Gasteiger partial charge in [0.25, 0.3) is 0 Å². The molecule has 4 heteroatoms. The van der Waals surface area contributed by atoms with Gasteiger partial charge in [-0.1, -0.05) is 0 Å². The van der Waals surface area contributed by atoms with Gasteiger partial charge in [-0.2, -0.15) is 0 Å². The quantitative estimate of drug-likeness (QED) is 0.842. The van der Waals surface area contributed by atoms with Gasteiger partial charge in [0.15, 0.2) is 0 Å². The highest BCUT2D eigenvalue weighted by Gasteiger charge is 2.15. The van der Waals surface area contributed by atoms with Crippen LogP contribution in [0.5, 0.6) is 17.2 Å². The van der Waals surface area contributed by atoms with Gasteiger partial charge < -0.3 is 9.47 Å². The number of pyridine rings is 1. The smallest absolute Gasteiger partial charge is 0.145 e. The van der Waals surface area contributed by atoms with E-state index >= 15 is 0 Å². The van der Waals surface area contributed by atoms with Crippen molar-refractivity contribution in [2.45, 2.75) is 19.4 Å². The van der Waals surface area contributed by atoms with Crippen molar-refractivity contribution < 1.29 is 9.47 Å². The monoisotopic (exact) mass is 284 g/mol. The molecule has 4 nitrogen and oxygen atoms in total. The predicted octanol–water partition coefficient (Wildman–Crippen LogP) is 3.48. The molecule has 1 saturated heterocycles. The Bertz CT molecular complexity index is 581. The molecule has 1 aliphatic rings. The highest BCUT2D eigenvalue weighted by atomic mass is 16.5. The molecule has 2 heterocycles. The van der Waals surface area contributed by atoms with Gasteiger partial charge in [0, 0.05) is 18.3 Å². The maximum atomic E-state index is 5.85. The fourth-order valence-corrected chi connectivity index (χ4v) is 2.67. The molecule has 3 rings (SSSR count). The SMILES string of the molecule is COc1ccc(Oc2cccnc2)cc1CN1CCCC1. The third-order valence-electron chi connectivity index (χ3n) is 3.71. The Kier molecular flexibility index (Phi) is 4.36. The third kappa shape index (κ3) is 3.52. The summed E-state index contributed by atoms with van der Waals surface area (Å²) in [6.45, 7) is 3.24. The largest absolute Gasteiger partial charge is 0.496 e. The molecule has 0 bridgehead atoms. The number of benzene rings is 1. The lowest BCUT2D eigenvalue weighted by atomic mass is 10.1. The van der Waals surface area contributed by atoms with Crippen LogP contribution in [0.3, 0.4) is 0 Å². The fourth-order valence-electron chi connectivity index (χ4n) is 2.67. The van der Waals surface area contributed by atoms with E-state index in [0.717, 1.165) is 36.9 Å². The van der Waals surface area contributed by atoms with Gasteiger partial charge in [-0.05, 0) is 56.3 Å². The maximum absolute atomic E-state index is 5.85. The summed E-state index contributed by atoms with van der Waals surface area (Å²) in [6, 6.07) is 9.72. The second-order valence-electron chi connectivity index (χ2n) is 5.25. The Morgan fingerprint density at radius 1 is 1.14 bits per heavy atom. The van der Waals surface area contributed by atoms with Crippen molar-refractivity contribution in [1.82, 2.24) is 9.88 Å². The number of hydrogen-bond acceptors (Lipinski definition) is 4. The van der Waals surface area contributed by atoms with Gasteiger partial charge in [0.1, 0.15) is 17.2 Å². The molecule has 1 aliphatic heterocycles. The maximum Gasteiger partial charge on any atom is 0.145 e. The summed E-state index contributed by atoms with van der Waals surface area (Å²) in [6.07, 6.45) is 6.02. The summed E-state index contributed by atoms with van der Waals surface area (Å²) in [5.74, 6) is 2.48. The minimum absolute atomic E-state index is 0.745. The normalized spacial score (nSPS) is 15.1. The molecule has 2 aromatic rings. The molecule has 0 radical (unpaired) electrons. The Balaban J connectivity index is 1.78. The molecule has 0 spiro atoms. The summed E-state index contributed by atoms with van der Waals surface area (Å²) >= 11 is 0. The van der Waals surface area contributed by atoms with Crippen LogP contribution in [0.2, 0.25) is 0 Å². The second kappa shape index (κ2) is 6.59. The number of hydrogen-bond donors (Lipinski definition) is 0. The van der Waals surface area contributed by atoms with Crippen LogP contribution in [-0.2, 0) is 6.54 Å². The summed E-state index contributed by atoms with van der Waals surface area (Å²) in [5.41, 5.74) is 1.17. The van der Waals surface area contributed by atoms with E-state index in [4.69, 9.17) is 9.47 Å². The summed E-state index contributed by atoms with van der Waals surface area (Å²) < 4.78 is 11.3. The third-order valence-corrected chi connectivity index (χ3v) is 3.71. The highest BCUT2D eigenvalue weighted by Crippen LogP contribution is 2.29. The van der Waals surface area contributed by atoms with Crippen molar-refractivity contribution in [1.29, 1.82) is 0 Å². The molecule has 110 valence electrons. The Hall–Kier alpha value is -2.07. The van der Waals surface area contributed by atoms with Crippen molar-refractivity contribution in [3.8, 4) is 17.2 Å². The molecular formula is C17H20N2O2. The first-order valence-electron chi connectivity index (χ1n) is 7.32. The summed E-state index contributed by atoms with van der Waals surface area (Å²) in [5, 5.41) is 0. The van der Waals surface area contributed by atoms with E-state index in [1.807, 2.05) is 24.3 Å². The molecule has 21 heavy (non-hydrogen) atoms. The molecule has 0 N–H and O–H groups in total. The molecule has 0 atom stereocenters. The number of methoxy groups -OCH3 is 1. The van der Waals surface area contributed by atoms with Crippen LogP contribution < -0.4 is 9.47 Å². The van der Waals surface area contributed by atoms with E-state index in [2.05, 4.69) is 16.0 Å². The first-order chi connectivity index (χ1) is 10.3. The molecule has 0 saturated carbocycles. The summed E-state index contributed by atoms with van der Waals surface area (Å²) in [7, 11) is 1.71. The average Bonchev–Trinajstić information content (AvgIpc) is 3.02. The van der Waals surface area contributed by atoms with Crippen molar-refractivity contribution in [3.05, 3.63) is 48.3 Å². The molecular weight excluding hydrogens is 264 g/mol. The first kappa shape index (κ1) is 13.9. The molecule has 0 aliphatic carbocycles. The number of aromatic nitrogens is 1. The van der Waals surface area contributed by atoms with Crippen LogP contribution in [0, 0.1) is 0 Å². The van der Waals surface area contributed by atoms with Crippen LogP contribution in [0.4, 0.5) is 0 Å². The van der Waals surface area contributed by atoms with Crippen molar-refractivity contribution in [3.63, 3.8) is 0 Å². The van der Waals surface area contributed by atoms with Crippen molar-refractivity contribution >= 4 is 0 Å². The first-order valence-corrected chi connectivity index (χ1v) is 7.32. The molecule has 1 aromatic carbocycles. The number of nitrogens with zero attached hydrogens (tertiary/aromatic N) is 2. The Morgan fingerprint density at radius 3 is 2.71 bits per heavy atom. The Morgan fingerprint density at radius 2 is 2.00 bits per heavy atom. The average molecular weight is 284 g/mol. The van der Waals surface area contributed by atoms with E-state index in [0.29, 0.717) is 0 Å². The lowest BCUT2D eigenvalue weighted by Crippen LogP contribution is -2.18. The van der Waals surface area contributed by atoms with E-state index in [1.54, 1.807) is 19.5 Å². The van der Waals surface area contributed by atoms with E-state index in [-0.39, 0.29) is 0 Å². The van der Waals surface area contributed by atoms with Gasteiger partial charge in [-0.15, -0.1) is 0 Å². The number of likely N-dealkylation sites (tertiary alicyclic amines) is 1. The van der Waals surface area contributed by atoms with Crippen molar-refractivity contribution in [2.24, 2.45) is 0 Å². The zero-order valence-corrected chi connectivity index (χ0v) is 12.3. The molecule has 1 fully saturated rings. The van der Waals surface area contributed by atoms with Gasteiger partial charge >= 0.3 is 0 Å². The van der Waals surface area contributed by atoms with E-state index in [9.17, 15) is 0 Å². The number of ether oxygens (including phenoxy) is 2. The topological polar surface area (TPSA) is 34.6 Å². The number of rotatable bonds is 5. The Labute approximate surface area is 125 Å². The van der Waals surface area contributed by atoms with Crippen LogP contribution in [-0.4, -0.2) is 30.1 Å². The zero-order chi connectivity index (χ0) is 14.5. The highest BCUT2D eigenvalue weighted by molar-refractivity contribution is 5.42. The molecule has 1 aromatic heterocycles. The molecule has 0 unspecified atom stereocenters. The van der Waals surface area contributed by atoms with Crippen LogP contribution in [0.25, 0.3) is 0 Å². The lowest BCUT2D eigenvalue weighted by Gasteiger charge is -2.17. The van der Waals surface area contributed by atoms with Gasteiger partial charge in [0.05, 0.1) is 13.3 Å². The second-order valence-corrected chi connectivity index (χ2v) is 5.25. The van der Waals surface area contributed by atoms with E-state index < -0.39 is 0 Å². The molecule has 0 amide bonds. The minimum atomic E-state index is 0.745. The van der Waals surface area contributed by atoms with Crippen LogP contribution >= 0.6 is 0 Å². The van der Waals surface area contributed by atoms with Gasteiger partial charge in [0.2, 0.25) is 0 Å².